The van der Waals surface area contributed by atoms with Gasteiger partial charge in [-0.2, -0.15) is 0 Å². The summed E-state index contributed by atoms with van der Waals surface area (Å²) in [4.78, 5) is 73.1. The quantitative estimate of drug-likeness (QED) is 0.0222. The van der Waals surface area contributed by atoms with Gasteiger partial charge in [0, 0.05) is 25.7 Å². The molecule has 0 saturated carbocycles. The molecule has 0 aliphatic carbocycles. The van der Waals surface area contributed by atoms with Gasteiger partial charge in [0.15, 0.2) is 12.2 Å². The van der Waals surface area contributed by atoms with Gasteiger partial charge in [-0.15, -0.1) is 0 Å². The van der Waals surface area contributed by atoms with Crippen molar-refractivity contribution in [2.75, 3.05) is 39.6 Å². The van der Waals surface area contributed by atoms with Crippen LogP contribution in [0.5, 0.6) is 0 Å². The normalized spacial score (nSPS) is 13.9. The Morgan fingerprint density at radius 3 is 0.667 bits per heavy atom. The Hall–Kier alpha value is -1.94. The second kappa shape index (κ2) is 73.2. The van der Waals surface area contributed by atoms with E-state index in [-0.39, 0.29) is 25.7 Å². The van der Waals surface area contributed by atoms with Crippen molar-refractivity contribution in [3.63, 3.8) is 0 Å². The molecule has 0 radical (unpaired) electrons. The smallest absolute Gasteiger partial charge is 0.462 e. The van der Waals surface area contributed by atoms with Crippen molar-refractivity contribution in [2.24, 2.45) is 17.8 Å². The molecule has 0 aromatic heterocycles. The van der Waals surface area contributed by atoms with Crippen molar-refractivity contribution in [1.82, 2.24) is 0 Å². The number of carbonyl (C=O) groups is 4. The summed E-state index contributed by atoms with van der Waals surface area (Å²) in [6, 6.07) is 0. The van der Waals surface area contributed by atoms with Crippen LogP contribution in [0.15, 0.2) is 0 Å². The Morgan fingerprint density at radius 2 is 0.451 bits per heavy atom. The topological polar surface area (TPSA) is 237 Å². The van der Waals surface area contributed by atoms with Crippen molar-refractivity contribution in [3.8, 4) is 0 Å². The van der Waals surface area contributed by atoms with Crippen LogP contribution in [-0.4, -0.2) is 96.7 Å². The first kappa shape index (κ1) is 100. The van der Waals surface area contributed by atoms with Gasteiger partial charge in [-0.3, -0.25) is 37.3 Å². The zero-order valence-corrected chi connectivity index (χ0v) is 68.9. The molecule has 0 aromatic rings. The predicted molar refractivity (Wildman–Crippen MR) is 418 cm³/mol. The SMILES string of the molecule is CCCCCCCCCCCCCCC(=O)OC[C@H](COP(=O)(O)OC[C@H](O)COP(=O)(O)OC[C@@H](COC(=O)CCCCCCCCCCCCCCCCC(C)C)OC(=O)CCCCCCCCCCCCCCCCCCC(C)C)OC(=O)CCCCCCCCCCCCCC(C)C. The second-order valence-electron chi connectivity index (χ2n) is 31.3. The molecule has 0 aliphatic heterocycles. The highest BCUT2D eigenvalue weighted by Crippen LogP contribution is 2.45. The minimum Gasteiger partial charge on any atom is -0.462 e. The number of phosphoric ester groups is 2. The fraction of sp³-hybridized carbons (Fsp3) is 0.952. The molecule has 0 amide bonds. The number of phosphoric acid groups is 2. The number of hydrogen-bond donors (Lipinski definition) is 3. The lowest BCUT2D eigenvalue weighted by Gasteiger charge is -2.21. The van der Waals surface area contributed by atoms with Gasteiger partial charge in [0.1, 0.15) is 19.3 Å². The number of esters is 4. The number of rotatable bonds is 81. The number of aliphatic hydroxyl groups excluding tert-OH is 1. The van der Waals surface area contributed by atoms with Crippen LogP contribution in [0.3, 0.4) is 0 Å². The summed E-state index contributed by atoms with van der Waals surface area (Å²) in [5, 5.41) is 10.7. The lowest BCUT2D eigenvalue weighted by molar-refractivity contribution is -0.161. The molecule has 2 unspecified atom stereocenters. The Labute approximate surface area is 626 Å². The molecular formula is C83H162O17P2. The third-order valence-electron chi connectivity index (χ3n) is 19.4. The van der Waals surface area contributed by atoms with E-state index in [4.69, 9.17) is 37.0 Å². The van der Waals surface area contributed by atoms with E-state index in [0.29, 0.717) is 25.7 Å². The van der Waals surface area contributed by atoms with Gasteiger partial charge in [-0.25, -0.2) is 9.13 Å². The maximum absolute atomic E-state index is 13.1. The fourth-order valence-electron chi connectivity index (χ4n) is 12.8. The number of aliphatic hydroxyl groups is 1. The number of ether oxygens (including phenoxy) is 4. The summed E-state index contributed by atoms with van der Waals surface area (Å²) in [6.07, 6.45) is 62.3. The van der Waals surface area contributed by atoms with Crippen molar-refractivity contribution in [2.45, 2.75) is 452 Å². The molecule has 17 nitrogen and oxygen atoms in total. The Kier molecular flexibility index (Phi) is 71.8. The maximum atomic E-state index is 13.1. The highest BCUT2D eigenvalue weighted by molar-refractivity contribution is 7.47. The molecule has 606 valence electrons. The van der Waals surface area contributed by atoms with E-state index in [9.17, 15) is 43.2 Å². The molecule has 0 spiro atoms. The van der Waals surface area contributed by atoms with E-state index in [1.165, 1.54) is 244 Å². The van der Waals surface area contributed by atoms with E-state index >= 15 is 0 Å². The minimum absolute atomic E-state index is 0.107. The zero-order chi connectivity index (χ0) is 75.1. The molecule has 0 bridgehead atoms. The zero-order valence-electron chi connectivity index (χ0n) is 67.1. The largest absolute Gasteiger partial charge is 0.472 e. The summed E-state index contributed by atoms with van der Waals surface area (Å²) in [5.41, 5.74) is 0. The first-order chi connectivity index (χ1) is 49.2. The van der Waals surface area contributed by atoms with Gasteiger partial charge < -0.3 is 33.8 Å². The average Bonchev–Trinajstić information content (AvgIpc) is 0.953. The lowest BCUT2D eigenvalue weighted by Crippen LogP contribution is -2.30. The third-order valence-corrected chi connectivity index (χ3v) is 21.3. The van der Waals surface area contributed by atoms with Crippen molar-refractivity contribution in [3.05, 3.63) is 0 Å². The first-order valence-electron chi connectivity index (χ1n) is 42.8. The molecule has 3 N–H and O–H groups in total. The summed E-state index contributed by atoms with van der Waals surface area (Å²) in [5.74, 6) is 0.267. The van der Waals surface area contributed by atoms with E-state index in [0.717, 1.165) is 108 Å². The van der Waals surface area contributed by atoms with Crippen LogP contribution in [0, 0.1) is 17.8 Å². The summed E-state index contributed by atoms with van der Waals surface area (Å²) in [6.45, 7) is 12.0. The summed E-state index contributed by atoms with van der Waals surface area (Å²) in [7, 11) is -9.92. The van der Waals surface area contributed by atoms with Crippen LogP contribution < -0.4 is 0 Å². The fourth-order valence-corrected chi connectivity index (χ4v) is 14.4. The van der Waals surface area contributed by atoms with Crippen molar-refractivity contribution < 1.29 is 80.2 Å². The third kappa shape index (κ3) is 76.3. The van der Waals surface area contributed by atoms with Crippen LogP contribution in [0.25, 0.3) is 0 Å². The molecule has 0 aliphatic rings. The van der Waals surface area contributed by atoms with Crippen LogP contribution in [0.4, 0.5) is 0 Å². The molecule has 0 heterocycles. The van der Waals surface area contributed by atoms with Crippen molar-refractivity contribution in [1.29, 1.82) is 0 Å². The van der Waals surface area contributed by atoms with Crippen molar-refractivity contribution >= 4 is 39.5 Å². The molecule has 102 heavy (non-hydrogen) atoms. The molecule has 19 heteroatoms. The van der Waals surface area contributed by atoms with E-state index in [2.05, 4.69) is 48.5 Å². The summed E-state index contributed by atoms with van der Waals surface area (Å²) < 4.78 is 68.8. The number of carbonyl (C=O) groups excluding carboxylic acids is 4. The van der Waals surface area contributed by atoms with E-state index < -0.39 is 97.5 Å². The van der Waals surface area contributed by atoms with Gasteiger partial charge >= 0.3 is 39.5 Å². The maximum Gasteiger partial charge on any atom is 0.472 e. The van der Waals surface area contributed by atoms with Gasteiger partial charge in [-0.05, 0) is 43.4 Å². The summed E-state index contributed by atoms with van der Waals surface area (Å²) >= 11 is 0. The van der Waals surface area contributed by atoms with Crippen LogP contribution in [0.2, 0.25) is 0 Å². The van der Waals surface area contributed by atoms with E-state index in [1.807, 2.05) is 0 Å². The Balaban J connectivity index is 5.26. The lowest BCUT2D eigenvalue weighted by atomic mass is 10.0. The number of hydrogen-bond acceptors (Lipinski definition) is 15. The first-order valence-corrected chi connectivity index (χ1v) is 45.8. The van der Waals surface area contributed by atoms with Gasteiger partial charge in [0.2, 0.25) is 0 Å². The molecule has 0 rings (SSSR count). The monoisotopic (exact) mass is 1490 g/mol. The van der Waals surface area contributed by atoms with Crippen LogP contribution >= 0.6 is 15.6 Å². The highest BCUT2D eigenvalue weighted by atomic mass is 31.2. The predicted octanol–water partition coefficient (Wildman–Crippen LogP) is 24.9. The Bertz CT molecular complexity index is 1970. The van der Waals surface area contributed by atoms with Gasteiger partial charge in [0.05, 0.1) is 26.4 Å². The van der Waals surface area contributed by atoms with Crippen LogP contribution in [-0.2, 0) is 65.4 Å². The minimum atomic E-state index is -4.96. The molecule has 5 atom stereocenters. The standard InChI is InChI=1S/C83H162O17P2/c1-8-9-10-11-12-13-14-29-36-43-50-57-64-80(85)93-70-79(100-83(88)67-60-53-46-39-32-25-28-35-42-49-56-63-76(6)7)73-98-102(91,92)96-69-77(84)68-95-101(89,90)97-72-78(71-94-81(86)65-58-51-44-37-30-23-20-19-22-27-34-41-48-55-62-75(4)5)99-82(87)66-59-52-45-38-31-24-18-16-15-17-21-26-33-40-47-54-61-74(2)3/h74-79,84H,8-73H2,1-7H3,(H,89,90)(H,91,92)/t77-,78-,79-/m1/s1. The molecular weight excluding hydrogens is 1330 g/mol. The molecule has 0 saturated heterocycles. The number of unbranched alkanes of at least 4 members (excludes halogenated alkanes) is 49. The Morgan fingerprint density at radius 1 is 0.265 bits per heavy atom. The molecule has 0 aromatic carbocycles. The van der Waals surface area contributed by atoms with E-state index in [1.54, 1.807) is 0 Å². The molecule has 0 fully saturated rings. The average molecular weight is 1490 g/mol. The van der Waals surface area contributed by atoms with Gasteiger partial charge in [0.25, 0.3) is 0 Å². The van der Waals surface area contributed by atoms with Crippen LogP contribution in [0.1, 0.15) is 434 Å². The second-order valence-corrected chi connectivity index (χ2v) is 34.2. The van der Waals surface area contributed by atoms with Gasteiger partial charge in [-0.1, -0.05) is 382 Å². The highest BCUT2D eigenvalue weighted by Gasteiger charge is 2.30.